The molecule has 2 saturated heterocycles. The summed E-state index contributed by atoms with van der Waals surface area (Å²) in [5, 5.41) is 30.6. The molecule has 2 amide bonds. The van der Waals surface area contributed by atoms with Gasteiger partial charge in [-0.2, -0.15) is 0 Å². The molecule has 3 heterocycles. The molecule has 37 heavy (non-hydrogen) atoms. The highest BCUT2D eigenvalue weighted by Gasteiger charge is 2.57. The van der Waals surface area contributed by atoms with E-state index in [1.165, 1.54) is 24.3 Å². The molecule has 2 aromatic rings. The van der Waals surface area contributed by atoms with Gasteiger partial charge >= 0.3 is 0 Å². The van der Waals surface area contributed by atoms with E-state index in [1.807, 2.05) is 13.0 Å². The molecule has 3 aliphatic rings. The average molecular weight is 509 g/mol. The summed E-state index contributed by atoms with van der Waals surface area (Å²) in [6.45, 7) is 1.86. The van der Waals surface area contributed by atoms with Crippen molar-refractivity contribution in [1.82, 2.24) is 0 Å². The number of fused-ring (bicyclic) bond motifs is 3. The number of ether oxygens (including phenoxy) is 1. The van der Waals surface area contributed by atoms with E-state index in [2.05, 4.69) is 0 Å². The van der Waals surface area contributed by atoms with Crippen LogP contribution in [0.4, 0.5) is 11.4 Å². The van der Waals surface area contributed by atoms with Gasteiger partial charge in [-0.1, -0.05) is 11.6 Å². The van der Waals surface area contributed by atoms with Crippen molar-refractivity contribution in [1.29, 1.82) is 0 Å². The first-order valence-electron chi connectivity index (χ1n) is 12.3. The largest absolute Gasteiger partial charge is 0.459 e. The van der Waals surface area contributed by atoms with Gasteiger partial charge in [-0.05, 0) is 61.6 Å². The van der Waals surface area contributed by atoms with Gasteiger partial charge in [-0.25, -0.2) is 4.90 Å². The van der Waals surface area contributed by atoms with Crippen LogP contribution in [0.2, 0.25) is 0 Å². The van der Waals surface area contributed by atoms with Gasteiger partial charge < -0.3 is 19.4 Å². The van der Waals surface area contributed by atoms with E-state index in [4.69, 9.17) is 9.15 Å². The smallest absolute Gasteiger partial charge is 0.271 e. The summed E-state index contributed by atoms with van der Waals surface area (Å²) in [6, 6.07) is 9.04. The number of rotatable bonds is 8. The molecule has 10 heteroatoms. The summed E-state index contributed by atoms with van der Waals surface area (Å²) < 4.78 is 11.6. The Morgan fingerprint density at radius 2 is 1.97 bits per heavy atom. The Kier molecular flexibility index (Phi) is 6.80. The first kappa shape index (κ1) is 25.1. The number of nitrogens with zero attached hydrogens (tertiary/aromatic N) is 2. The topological polar surface area (TPSA) is 143 Å². The molecule has 194 valence electrons. The van der Waals surface area contributed by atoms with E-state index >= 15 is 0 Å². The number of non-ortho nitro benzene ring substituents is 1. The number of carbonyl (C=O) groups is 2. The van der Waals surface area contributed by atoms with Crippen molar-refractivity contribution in [3.05, 3.63) is 74.8 Å². The molecule has 0 bridgehead atoms. The van der Waals surface area contributed by atoms with Crippen LogP contribution in [-0.2, 0) is 20.9 Å². The van der Waals surface area contributed by atoms with Crippen molar-refractivity contribution in [3.63, 3.8) is 0 Å². The van der Waals surface area contributed by atoms with Gasteiger partial charge in [0.15, 0.2) is 0 Å². The zero-order chi connectivity index (χ0) is 26.3. The number of nitro groups is 1. The molecular weight excluding hydrogens is 480 g/mol. The minimum absolute atomic E-state index is 0.162. The number of anilines is 1. The maximum absolute atomic E-state index is 13.5. The van der Waals surface area contributed by atoms with Crippen LogP contribution < -0.4 is 4.90 Å². The highest BCUT2D eigenvalue weighted by molar-refractivity contribution is 6.22. The predicted octanol–water partition coefficient (Wildman–Crippen LogP) is 3.38. The summed E-state index contributed by atoms with van der Waals surface area (Å²) in [5.41, 5.74) is 2.67. The monoisotopic (exact) mass is 508 g/mol. The van der Waals surface area contributed by atoms with E-state index < -0.39 is 22.7 Å². The molecule has 0 radical (unpaired) electrons. The van der Waals surface area contributed by atoms with Crippen LogP contribution in [0.1, 0.15) is 37.7 Å². The fourth-order valence-electron chi connectivity index (χ4n) is 5.85. The van der Waals surface area contributed by atoms with Gasteiger partial charge in [-0.3, -0.25) is 19.7 Å². The van der Waals surface area contributed by atoms with E-state index in [9.17, 15) is 29.9 Å². The summed E-state index contributed by atoms with van der Waals surface area (Å²) in [6.07, 6.45) is 3.21. The van der Waals surface area contributed by atoms with E-state index in [1.54, 1.807) is 12.1 Å². The average Bonchev–Trinajstić information content (AvgIpc) is 3.59. The zero-order valence-corrected chi connectivity index (χ0v) is 20.3. The molecule has 5 rings (SSSR count). The lowest BCUT2D eigenvalue weighted by Crippen LogP contribution is -2.35. The number of aliphatic hydroxyl groups excluding tert-OH is 2. The Morgan fingerprint density at radius 3 is 2.68 bits per heavy atom. The molecule has 1 aliphatic carbocycles. The van der Waals surface area contributed by atoms with Crippen LogP contribution >= 0.6 is 0 Å². The van der Waals surface area contributed by atoms with Crippen molar-refractivity contribution >= 4 is 29.3 Å². The number of allylic oxidation sites excluding steroid dienone is 1. The number of hydrogen-bond acceptors (Lipinski definition) is 8. The Morgan fingerprint density at radius 1 is 1.16 bits per heavy atom. The van der Waals surface area contributed by atoms with E-state index in [0.29, 0.717) is 24.4 Å². The number of imide groups is 1. The fraction of sp³-hybridized carbons (Fsp3) is 0.407. The Labute approximate surface area is 213 Å². The SMILES string of the molecule is C/C(=C\c1ccc(CO)o1)CC[C@H]1OC[C@H]2C1=C(CO)C[C@H]1C(=O)N(c3cccc([N+](=O)[O-])c3)C(=O)[C@H]12. The highest BCUT2D eigenvalue weighted by Crippen LogP contribution is 2.50. The van der Waals surface area contributed by atoms with Crippen LogP contribution in [0.25, 0.3) is 6.08 Å². The Bertz CT molecular complexity index is 1310. The van der Waals surface area contributed by atoms with Crippen LogP contribution in [0.15, 0.2) is 57.5 Å². The van der Waals surface area contributed by atoms with Gasteiger partial charge in [0.25, 0.3) is 5.69 Å². The molecule has 1 aromatic heterocycles. The van der Waals surface area contributed by atoms with Crippen LogP contribution in [-0.4, -0.2) is 46.3 Å². The third-order valence-corrected chi connectivity index (χ3v) is 7.53. The molecule has 0 unspecified atom stereocenters. The summed E-state index contributed by atoms with van der Waals surface area (Å²) in [4.78, 5) is 38.6. The summed E-state index contributed by atoms with van der Waals surface area (Å²) in [5.74, 6) is -1.22. The third-order valence-electron chi connectivity index (χ3n) is 7.53. The Hall–Kier alpha value is -3.60. The lowest BCUT2D eigenvalue weighted by molar-refractivity contribution is -0.384. The lowest BCUT2D eigenvalue weighted by atomic mass is 9.69. The van der Waals surface area contributed by atoms with Gasteiger partial charge in [0, 0.05) is 18.1 Å². The molecular formula is C27H28N2O8. The molecule has 2 aliphatic heterocycles. The van der Waals surface area contributed by atoms with E-state index in [-0.39, 0.29) is 55.5 Å². The normalized spacial score (nSPS) is 25.6. The fourth-order valence-corrected chi connectivity index (χ4v) is 5.85. The van der Waals surface area contributed by atoms with Gasteiger partial charge in [0.05, 0.1) is 41.8 Å². The molecule has 2 fully saturated rings. The first-order chi connectivity index (χ1) is 17.8. The summed E-state index contributed by atoms with van der Waals surface area (Å²) in [7, 11) is 0. The molecule has 10 nitrogen and oxygen atoms in total. The zero-order valence-electron chi connectivity index (χ0n) is 20.3. The lowest BCUT2D eigenvalue weighted by Gasteiger charge is -2.31. The molecule has 0 spiro atoms. The van der Waals surface area contributed by atoms with Crippen molar-refractivity contribution in [2.75, 3.05) is 18.1 Å². The number of amides is 2. The summed E-state index contributed by atoms with van der Waals surface area (Å²) >= 11 is 0. The number of furan rings is 1. The van der Waals surface area contributed by atoms with Gasteiger partial charge in [0.2, 0.25) is 11.8 Å². The van der Waals surface area contributed by atoms with Crippen LogP contribution in [0.5, 0.6) is 0 Å². The van der Waals surface area contributed by atoms with Gasteiger partial charge in [-0.15, -0.1) is 0 Å². The number of nitro benzene ring substituents is 1. The number of benzene rings is 1. The van der Waals surface area contributed by atoms with Crippen molar-refractivity contribution in [2.45, 2.75) is 38.9 Å². The van der Waals surface area contributed by atoms with Crippen LogP contribution in [0, 0.1) is 27.9 Å². The standard InChI is InChI=1S/C27H28N2O8/c1-15(9-19-6-7-20(13-31)37-19)5-8-23-24-16(12-30)10-21-25(22(24)14-36-23)27(33)28(26(21)32)17-3-2-4-18(11-17)29(34)35/h2-4,6-7,9,11,21-23,25,30-31H,5,8,10,12-14H2,1H3/b15-9+/t21-,22+,23-,25-/m1/s1. The number of hydrogen-bond donors (Lipinski definition) is 2. The van der Waals surface area contributed by atoms with Crippen molar-refractivity contribution < 1.29 is 33.9 Å². The second kappa shape index (κ2) is 10.0. The maximum atomic E-state index is 13.5. The quantitative estimate of drug-likeness (QED) is 0.239. The van der Waals surface area contributed by atoms with Crippen LogP contribution in [0.3, 0.4) is 0 Å². The minimum atomic E-state index is -0.633. The molecule has 4 atom stereocenters. The van der Waals surface area contributed by atoms with Crippen molar-refractivity contribution in [2.24, 2.45) is 17.8 Å². The van der Waals surface area contributed by atoms with E-state index in [0.717, 1.165) is 21.6 Å². The third kappa shape index (κ3) is 4.52. The van der Waals surface area contributed by atoms with Crippen molar-refractivity contribution in [3.8, 4) is 0 Å². The highest BCUT2D eigenvalue weighted by atomic mass is 16.6. The predicted molar refractivity (Wildman–Crippen MR) is 132 cm³/mol. The second-order valence-electron chi connectivity index (χ2n) is 9.76. The molecule has 1 aromatic carbocycles. The minimum Gasteiger partial charge on any atom is -0.459 e. The molecule has 2 N–H and O–H groups in total. The first-order valence-corrected chi connectivity index (χ1v) is 12.3. The Balaban J connectivity index is 1.35. The number of aliphatic hydroxyl groups is 2. The second-order valence-corrected chi connectivity index (χ2v) is 9.76. The van der Waals surface area contributed by atoms with Gasteiger partial charge in [0.1, 0.15) is 18.1 Å². The maximum Gasteiger partial charge on any atom is 0.271 e. The number of carbonyl (C=O) groups excluding carboxylic acids is 2. The molecule has 0 saturated carbocycles.